The standard InChI is InChI=1S/C15H26N6O2/c1-15(2,3)21-10-17-13(19-21)18-14(23)20-7-5-11(6-8-20)9-12(22)16-4/h10-11H,5-9H2,1-4H3,(H,16,22)(H,18,19,23). The molecule has 0 unspecified atom stereocenters. The van der Waals surface area contributed by atoms with Crippen LogP contribution < -0.4 is 10.6 Å². The molecule has 0 bridgehead atoms. The number of hydrogen-bond acceptors (Lipinski definition) is 4. The van der Waals surface area contributed by atoms with Crippen LogP contribution in [0.3, 0.4) is 0 Å². The average molecular weight is 322 g/mol. The van der Waals surface area contributed by atoms with E-state index in [4.69, 9.17) is 0 Å². The lowest BCUT2D eigenvalue weighted by Crippen LogP contribution is -2.42. The van der Waals surface area contributed by atoms with Crippen molar-refractivity contribution in [3.8, 4) is 0 Å². The maximum atomic E-state index is 12.3. The maximum Gasteiger partial charge on any atom is 0.324 e. The van der Waals surface area contributed by atoms with E-state index in [9.17, 15) is 9.59 Å². The topological polar surface area (TPSA) is 92.2 Å². The van der Waals surface area contributed by atoms with Crippen LogP contribution in [-0.4, -0.2) is 51.7 Å². The third-order valence-corrected chi connectivity index (χ3v) is 4.05. The van der Waals surface area contributed by atoms with Crippen molar-refractivity contribution in [2.45, 2.75) is 45.6 Å². The van der Waals surface area contributed by atoms with E-state index in [0.29, 0.717) is 31.4 Å². The second-order valence-electron chi connectivity index (χ2n) is 6.92. The summed E-state index contributed by atoms with van der Waals surface area (Å²) in [6.07, 6.45) is 3.82. The van der Waals surface area contributed by atoms with Gasteiger partial charge in [-0.05, 0) is 39.5 Å². The summed E-state index contributed by atoms with van der Waals surface area (Å²) in [5, 5.41) is 9.65. The van der Waals surface area contributed by atoms with E-state index in [2.05, 4.69) is 20.7 Å². The molecule has 1 fully saturated rings. The Balaban J connectivity index is 1.83. The molecule has 1 aliphatic heterocycles. The van der Waals surface area contributed by atoms with E-state index >= 15 is 0 Å². The first-order chi connectivity index (χ1) is 10.8. The molecule has 1 aromatic rings. The van der Waals surface area contributed by atoms with Crippen molar-refractivity contribution < 1.29 is 9.59 Å². The van der Waals surface area contributed by atoms with Gasteiger partial charge >= 0.3 is 6.03 Å². The number of nitrogens with zero attached hydrogens (tertiary/aromatic N) is 4. The molecule has 0 spiro atoms. The Hall–Kier alpha value is -2.12. The molecule has 0 radical (unpaired) electrons. The monoisotopic (exact) mass is 322 g/mol. The Morgan fingerprint density at radius 1 is 1.30 bits per heavy atom. The number of nitrogens with one attached hydrogen (secondary N) is 2. The highest BCUT2D eigenvalue weighted by atomic mass is 16.2. The van der Waals surface area contributed by atoms with Gasteiger partial charge in [-0.25, -0.2) is 14.5 Å². The van der Waals surface area contributed by atoms with Crippen LogP contribution in [0.15, 0.2) is 6.33 Å². The summed E-state index contributed by atoms with van der Waals surface area (Å²) in [5.41, 5.74) is -0.172. The fourth-order valence-electron chi connectivity index (χ4n) is 2.52. The maximum absolute atomic E-state index is 12.3. The summed E-state index contributed by atoms with van der Waals surface area (Å²) in [7, 11) is 1.65. The van der Waals surface area contributed by atoms with Crippen LogP contribution in [0, 0.1) is 5.92 Å². The van der Waals surface area contributed by atoms with Crippen LogP contribution in [0.2, 0.25) is 0 Å². The van der Waals surface area contributed by atoms with Crippen molar-refractivity contribution in [3.63, 3.8) is 0 Å². The van der Waals surface area contributed by atoms with E-state index in [1.54, 1.807) is 23.0 Å². The Kier molecular flexibility index (Phi) is 5.23. The number of likely N-dealkylation sites (tertiary alicyclic amines) is 1. The van der Waals surface area contributed by atoms with E-state index in [0.717, 1.165) is 12.8 Å². The zero-order valence-corrected chi connectivity index (χ0v) is 14.3. The predicted octanol–water partition coefficient (Wildman–Crippen LogP) is 1.41. The molecule has 0 aromatic carbocycles. The first-order valence-electron chi connectivity index (χ1n) is 7.98. The zero-order chi connectivity index (χ0) is 17.0. The first kappa shape index (κ1) is 17.2. The summed E-state index contributed by atoms with van der Waals surface area (Å²) in [6.45, 7) is 7.35. The molecule has 2 N–H and O–H groups in total. The van der Waals surface area contributed by atoms with Gasteiger partial charge in [0.1, 0.15) is 6.33 Å². The number of aromatic nitrogens is 3. The Morgan fingerprint density at radius 2 is 1.96 bits per heavy atom. The second kappa shape index (κ2) is 6.97. The van der Waals surface area contributed by atoms with Gasteiger partial charge in [-0.15, -0.1) is 5.10 Å². The van der Waals surface area contributed by atoms with Crippen molar-refractivity contribution in [2.75, 3.05) is 25.5 Å². The molecule has 0 aliphatic carbocycles. The number of amides is 3. The Labute approximate surface area is 136 Å². The molecule has 8 heteroatoms. The molecule has 0 saturated carbocycles. The third kappa shape index (κ3) is 4.67. The molecule has 3 amide bonds. The molecular weight excluding hydrogens is 296 g/mol. The van der Waals surface area contributed by atoms with Crippen molar-refractivity contribution in [1.29, 1.82) is 0 Å². The fourth-order valence-corrected chi connectivity index (χ4v) is 2.52. The van der Waals surface area contributed by atoms with Crippen LogP contribution in [0.5, 0.6) is 0 Å². The minimum atomic E-state index is -0.185. The van der Waals surface area contributed by atoms with Crippen LogP contribution in [-0.2, 0) is 10.3 Å². The number of anilines is 1. The lowest BCUT2D eigenvalue weighted by molar-refractivity contribution is -0.121. The minimum Gasteiger partial charge on any atom is -0.359 e. The van der Waals surface area contributed by atoms with E-state index in [-0.39, 0.29) is 17.5 Å². The number of carbonyl (C=O) groups excluding carboxylic acids is 2. The van der Waals surface area contributed by atoms with E-state index in [1.807, 2.05) is 20.8 Å². The SMILES string of the molecule is CNC(=O)CC1CCN(C(=O)Nc2ncn(C(C)(C)C)n2)CC1. The molecule has 0 atom stereocenters. The Bertz CT molecular complexity index is 555. The zero-order valence-electron chi connectivity index (χ0n) is 14.3. The molecular formula is C15H26N6O2. The van der Waals surface area contributed by atoms with Gasteiger partial charge in [-0.3, -0.25) is 10.1 Å². The van der Waals surface area contributed by atoms with Gasteiger partial charge in [0, 0.05) is 26.6 Å². The highest BCUT2D eigenvalue weighted by molar-refractivity contribution is 5.87. The van der Waals surface area contributed by atoms with Crippen molar-refractivity contribution in [1.82, 2.24) is 25.0 Å². The predicted molar refractivity (Wildman–Crippen MR) is 87.0 cm³/mol. The summed E-state index contributed by atoms with van der Waals surface area (Å²) >= 11 is 0. The van der Waals surface area contributed by atoms with Crippen LogP contribution >= 0.6 is 0 Å². The van der Waals surface area contributed by atoms with Crippen LogP contribution in [0.25, 0.3) is 0 Å². The first-order valence-corrected chi connectivity index (χ1v) is 7.98. The highest BCUT2D eigenvalue weighted by Crippen LogP contribution is 2.21. The lowest BCUT2D eigenvalue weighted by atomic mass is 9.93. The van der Waals surface area contributed by atoms with Gasteiger partial charge in [0.25, 0.3) is 0 Å². The van der Waals surface area contributed by atoms with Crippen molar-refractivity contribution in [3.05, 3.63) is 6.33 Å². The number of hydrogen-bond donors (Lipinski definition) is 2. The molecule has 23 heavy (non-hydrogen) atoms. The quantitative estimate of drug-likeness (QED) is 0.880. The van der Waals surface area contributed by atoms with Crippen LogP contribution in [0.1, 0.15) is 40.0 Å². The average Bonchev–Trinajstić information content (AvgIpc) is 2.96. The largest absolute Gasteiger partial charge is 0.359 e. The van der Waals surface area contributed by atoms with Gasteiger partial charge < -0.3 is 10.2 Å². The number of carbonyl (C=O) groups is 2. The minimum absolute atomic E-state index is 0.0600. The van der Waals surface area contributed by atoms with E-state index < -0.39 is 0 Å². The summed E-state index contributed by atoms with van der Waals surface area (Å²) in [6, 6.07) is -0.185. The fraction of sp³-hybridized carbons (Fsp3) is 0.733. The lowest BCUT2D eigenvalue weighted by Gasteiger charge is -2.31. The van der Waals surface area contributed by atoms with Crippen LogP contribution in [0.4, 0.5) is 10.7 Å². The molecule has 2 heterocycles. The third-order valence-electron chi connectivity index (χ3n) is 4.05. The number of piperidine rings is 1. The van der Waals surface area contributed by atoms with Gasteiger partial charge in [0.15, 0.2) is 0 Å². The number of urea groups is 1. The van der Waals surface area contributed by atoms with Gasteiger partial charge in [0.2, 0.25) is 11.9 Å². The normalized spacial score (nSPS) is 16.3. The van der Waals surface area contributed by atoms with Gasteiger partial charge in [0.05, 0.1) is 5.54 Å². The summed E-state index contributed by atoms with van der Waals surface area (Å²) in [5.74, 6) is 0.722. The Morgan fingerprint density at radius 3 is 2.48 bits per heavy atom. The molecule has 1 saturated heterocycles. The molecule has 128 valence electrons. The van der Waals surface area contributed by atoms with Crippen molar-refractivity contribution in [2.24, 2.45) is 5.92 Å². The molecule has 1 aliphatic rings. The molecule has 8 nitrogen and oxygen atoms in total. The van der Waals surface area contributed by atoms with Gasteiger partial charge in [-0.1, -0.05) is 0 Å². The van der Waals surface area contributed by atoms with Gasteiger partial charge in [-0.2, -0.15) is 0 Å². The molecule has 2 rings (SSSR count). The van der Waals surface area contributed by atoms with E-state index in [1.165, 1.54) is 0 Å². The van der Waals surface area contributed by atoms with Crippen molar-refractivity contribution >= 4 is 17.9 Å². The highest BCUT2D eigenvalue weighted by Gasteiger charge is 2.25. The smallest absolute Gasteiger partial charge is 0.324 e. The number of rotatable bonds is 3. The summed E-state index contributed by atoms with van der Waals surface area (Å²) in [4.78, 5) is 29.5. The second-order valence-corrected chi connectivity index (χ2v) is 6.92. The molecule has 1 aromatic heterocycles. The summed E-state index contributed by atoms with van der Waals surface area (Å²) < 4.78 is 1.72.